The highest BCUT2D eigenvalue weighted by Crippen LogP contribution is 2.55. The van der Waals surface area contributed by atoms with Crippen molar-refractivity contribution >= 4 is 28.5 Å². The van der Waals surface area contributed by atoms with Crippen molar-refractivity contribution in [1.82, 2.24) is 5.32 Å². The van der Waals surface area contributed by atoms with Crippen LogP contribution in [0.5, 0.6) is 0 Å². The minimum absolute atomic E-state index is 0.327. The van der Waals surface area contributed by atoms with Gasteiger partial charge in [-0.3, -0.25) is 4.79 Å². The highest BCUT2D eigenvalue weighted by molar-refractivity contribution is 14.1. The van der Waals surface area contributed by atoms with Gasteiger partial charge < -0.3 is 5.32 Å². The molecular weight excluding hydrogens is 277 g/mol. The molecular formula is C10H16INO. The summed E-state index contributed by atoms with van der Waals surface area (Å²) in [6.07, 6.45) is 5.29. The van der Waals surface area contributed by atoms with Crippen LogP contribution in [0.15, 0.2) is 0 Å². The van der Waals surface area contributed by atoms with Crippen LogP contribution < -0.4 is 5.32 Å². The maximum absolute atomic E-state index is 11.6. The SMILES string of the molecule is O=C(NCCI)C1C2CCCCC21. The molecule has 2 saturated carbocycles. The monoisotopic (exact) mass is 293 g/mol. The summed E-state index contributed by atoms with van der Waals surface area (Å²) in [5.74, 6) is 2.23. The Morgan fingerprint density at radius 2 is 1.92 bits per heavy atom. The Kier molecular flexibility index (Phi) is 3.11. The third kappa shape index (κ3) is 2.00. The van der Waals surface area contributed by atoms with Gasteiger partial charge in [-0.05, 0) is 24.7 Å². The van der Waals surface area contributed by atoms with Gasteiger partial charge in [0.2, 0.25) is 5.91 Å². The number of alkyl halides is 1. The Morgan fingerprint density at radius 1 is 1.31 bits per heavy atom. The molecule has 13 heavy (non-hydrogen) atoms. The van der Waals surface area contributed by atoms with Crippen LogP contribution in [0.1, 0.15) is 25.7 Å². The van der Waals surface area contributed by atoms with Crippen LogP contribution in [0.25, 0.3) is 0 Å². The van der Waals surface area contributed by atoms with Gasteiger partial charge in [0.15, 0.2) is 0 Å². The molecule has 74 valence electrons. The molecule has 2 fully saturated rings. The number of amides is 1. The van der Waals surface area contributed by atoms with E-state index in [9.17, 15) is 4.79 Å². The summed E-state index contributed by atoms with van der Waals surface area (Å²) in [4.78, 5) is 11.6. The third-order valence-corrected chi connectivity index (χ3v) is 3.89. The largest absolute Gasteiger partial charge is 0.355 e. The first-order valence-corrected chi connectivity index (χ1v) is 6.71. The van der Waals surface area contributed by atoms with E-state index < -0.39 is 0 Å². The van der Waals surface area contributed by atoms with E-state index in [0.29, 0.717) is 11.8 Å². The van der Waals surface area contributed by atoms with Crippen molar-refractivity contribution in [3.8, 4) is 0 Å². The van der Waals surface area contributed by atoms with Gasteiger partial charge in [0, 0.05) is 16.9 Å². The Bertz CT molecular complexity index is 195. The molecule has 0 aromatic rings. The first-order chi connectivity index (χ1) is 6.34. The van der Waals surface area contributed by atoms with E-state index in [-0.39, 0.29) is 0 Å². The molecule has 2 nitrogen and oxygen atoms in total. The first kappa shape index (κ1) is 9.74. The van der Waals surface area contributed by atoms with E-state index >= 15 is 0 Å². The summed E-state index contributed by atoms with van der Waals surface area (Å²) >= 11 is 2.29. The summed E-state index contributed by atoms with van der Waals surface area (Å²) in [6.45, 7) is 0.843. The molecule has 1 N–H and O–H groups in total. The lowest BCUT2D eigenvalue weighted by Crippen LogP contribution is -2.27. The van der Waals surface area contributed by atoms with Crippen molar-refractivity contribution in [1.29, 1.82) is 0 Å². The predicted octanol–water partition coefficient (Wildman–Crippen LogP) is 1.97. The summed E-state index contributed by atoms with van der Waals surface area (Å²) in [6, 6.07) is 0. The average molecular weight is 293 g/mol. The fourth-order valence-corrected chi connectivity index (χ4v) is 2.94. The van der Waals surface area contributed by atoms with Crippen LogP contribution in [0.2, 0.25) is 0 Å². The van der Waals surface area contributed by atoms with E-state index in [2.05, 4.69) is 27.9 Å². The quantitative estimate of drug-likeness (QED) is 0.625. The van der Waals surface area contributed by atoms with Crippen molar-refractivity contribution in [2.24, 2.45) is 17.8 Å². The molecule has 0 aliphatic heterocycles. The molecule has 3 heteroatoms. The van der Waals surface area contributed by atoms with Crippen molar-refractivity contribution in [3.63, 3.8) is 0 Å². The summed E-state index contributed by atoms with van der Waals surface area (Å²) in [5.41, 5.74) is 0. The van der Waals surface area contributed by atoms with Gasteiger partial charge in [-0.25, -0.2) is 0 Å². The van der Waals surface area contributed by atoms with Gasteiger partial charge in [-0.15, -0.1) is 0 Å². The number of rotatable bonds is 3. The normalized spacial score (nSPS) is 36.5. The minimum Gasteiger partial charge on any atom is -0.355 e. The number of fused-ring (bicyclic) bond motifs is 1. The van der Waals surface area contributed by atoms with Crippen LogP contribution in [-0.2, 0) is 4.79 Å². The smallest absolute Gasteiger partial charge is 0.223 e. The Hall–Kier alpha value is 0.200. The van der Waals surface area contributed by atoms with Gasteiger partial charge in [0.05, 0.1) is 0 Å². The summed E-state index contributed by atoms with van der Waals surface area (Å²) in [5, 5.41) is 3.00. The standard InChI is InChI=1S/C10H16INO/c11-5-6-12-10(13)9-7-3-1-2-4-8(7)9/h7-9H,1-6H2,(H,12,13). The molecule has 0 radical (unpaired) electrons. The van der Waals surface area contributed by atoms with E-state index in [1.54, 1.807) is 0 Å². The lowest BCUT2D eigenvalue weighted by molar-refractivity contribution is -0.122. The maximum Gasteiger partial charge on any atom is 0.223 e. The fourth-order valence-electron chi connectivity index (χ4n) is 2.67. The predicted molar refractivity (Wildman–Crippen MR) is 60.8 cm³/mol. The lowest BCUT2D eigenvalue weighted by Gasteiger charge is -2.04. The molecule has 2 unspecified atom stereocenters. The summed E-state index contributed by atoms with van der Waals surface area (Å²) < 4.78 is 1.02. The molecule has 0 spiro atoms. The van der Waals surface area contributed by atoms with Gasteiger partial charge in [-0.2, -0.15) is 0 Å². The number of hydrogen-bond donors (Lipinski definition) is 1. The van der Waals surface area contributed by atoms with E-state index in [1.165, 1.54) is 25.7 Å². The topological polar surface area (TPSA) is 29.1 Å². The molecule has 2 aliphatic carbocycles. The van der Waals surface area contributed by atoms with Crippen LogP contribution in [-0.4, -0.2) is 16.9 Å². The highest BCUT2D eigenvalue weighted by atomic mass is 127. The molecule has 0 bridgehead atoms. The fraction of sp³-hybridized carbons (Fsp3) is 0.900. The zero-order valence-electron chi connectivity index (χ0n) is 7.76. The lowest BCUT2D eigenvalue weighted by atomic mass is 10.0. The molecule has 0 heterocycles. The second-order valence-electron chi connectivity index (χ2n) is 4.12. The molecule has 0 saturated heterocycles. The summed E-state index contributed by atoms with van der Waals surface area (Å²) in [7, 11) is 0. The molecule has 2 atom stereocenters. The van der Waals surface area contributed by atoms with Crippen LogP contribution in [0.4, 0.5) is 0 Å². The van der Waals surface area contributed by atoms with Crippen LogP contribution in [0, 0.1) is 17.8 Å². The number of halogens is 1. The highest BCUT2D eigenvalue weighted by Gasteiger charge is 2.54. The zero-order chi connectivity index (χ0) is 9.26. The number of nitrogens with one attached hydrogen (secondary N) is 1. The zero-order valence-corrected chi connectivity index (χ0v) is 9.92. The van der Waals surface area contributed by atoms with E-state index in [0.717, 1.165) is 22.8 Å². The van der Waals surface area contributed by atoms with Crippen molar-refractivity contribution in [2.45, 2.75) is 25.7 Å². The Morgan fingerprint density at radius 3 is 2.46 bits per heavy atom. The third-order valence-electron chi connectivity index (χ3n) is 3.35. The van der Waals surface area contributed by atoms with Crippen molar-refractivity contribution in [2.75, 3.05) is 11.0 Å². The van der Waals surface area contributed by atoms with Gasteiger partial charge in [0.25, 0.3) is 0 Å². The van der Waals surface area contributed by atoms with E-state index in [1.807, 2.05) is 0 Å². The van der Waals surface area contributed by atoms with Crippen molar-refractivity contribution < 1.29 is 4.79 Å². The maximum atomic E-state index is 11.6. The average Bonchev–Trinajstić information content (AvgIpc) is 2.88. The second kappa shape index (κ2) is 4.15. The second-order valence-corrected chi connectivity index (χ2v) is 5.20. The van der Waals surface area contributed by atoms with Gasteiger partial charge in [-0.1, -0.05) is 35.4 Å². The molecule has 0 aromatic carbocycles. The Labute approximate surface area is 93.0 Å². The number of carbonyl (C=O) groups is 1. The minimum atomic E-state index is 0.327. The molecule has 2 aliphatic rings. The van der Waals surface area contributed by atoms with E-state index in [4.69, 9.17) is 0 Å². The number of hydrogen-bond acceptors (Lipinski definition) is 1. The molecule has 0 aromatic heterocycles. The first-order valence-electron chi connectivity index (χ1n) is 5.18. The molecule has 1 amide bonds. The number of carbonyl (C=O) groups excluding carboxylic acids is 1. The Balaban J connectivity index is 1.79. The molecule has 2 rings (SSSR count). The van der Waals surface area contributed by atoms with Gasteiger partial charge in [0.1, 0.15) is 0 Å². The van der Waals surface area contributed by atoms with Gasteiger partial charge >= 0.3 is 0 Å². The van der Waals surface area contributed by atoms with Crippen molar-refractivity contribution in [3.05, 3.63) is 0 Å². The van der Waals surface area contributed by atoms with Crippen LogP contribution >= 0.6 is 22.6 Å². The van der Waals surface area contributed by atoms with Crippen LogP contribution in [0.3, 0.4) is 0 Å².